The molecule has 12 heavy (non-hydrogen) atoms. The van der Waals surface area contributed by atoms with Gasteiger partial charge < -0.3 is 5.11 Å². The number of hydrogen-bond donors (Lipinski definition) is 1. The standard InChI is InChI=1S/C9H8Cl2O/c1-6-2-3-8(12)7(4-6)5-9(10)11/h2-5,12H,1H3. The van der Waals surface area contributed by atoms with Crippen LogP contribution >= 0.6 is 23.2 Å². The molecular weight excluding hydrogens is 195 g/mol. The zero-order valence-corrected chi connectivity index (χ0v) is 8.02. The van der Waals surface area contributed by atoms with Crippen molar-refractivity contribution in [1.82, 2.24) is 0 Å². The topological polar surface area (TPSA) is 20.2 Å². The highest BCUT2D eigenvalue weighted by Crippen LogP contribution is 2.23. The van der Waals surface area contributed by atoms with E-state index in [1.807, 2.05) is 13.0 Å². The van der Waals surface area contributed by atoms with Crippen LogP contribution in [0.4, 0.5) is 0 Å². The summed E-state index contributed by atoms with van der Waals surface area (Å²) in [7, 11) is 0. The predicted molar refractivity (Wildman–Crippen MR) is 52.5 cm³/mol. The molecule has 0 bridgehead atoms. The summed E-state index contributed by atoms with van der Waals surface area (Å²) in [6, 6.07) is 5.23. The molecule has 1 N–H and O–H groups in total. The second-order valence-electron chi connectivity index (χ2n) is 2.50. The van der Waals surface area contributed by atoms with Gasteiger partial charge in [0.15, 0.2) is 0 Å². The van der Waals surface area contributed by atoms with Crippen LogP contribution in [0.5, 0.6) is 5.75 Å². The van der Waals surface area contributed by atoms with E-state index in [4.69, 9.17) is 23.2 Å². The molecule has 0 aliphatic rings. The number of halogens is 2. The van der Waals surface area contributed by atoms with Gasteiger partial charge in [-0.2, -0.15) is 0 Å². The molecule has 0 saturated heterocycles. The van der Waals surface area contributed by atoms with Crippen LogP contribution in [0, 0.1) is 6.92 Å². The van der Waals surface area contributed by atoms with Crippen molar-refractivity contribution in [3.05, 3.63) is 33.8 Å². The van der Waals surface area contributed by atoms with Crippen molar-refractivity contribution in [3.63, 3.8) is 0 Å². The first-order valence-corrected chi connectivity index (χ1v) is 4.17. The third-order valence-electron chi connectivity index (χ3n) is 1.45. The number of benzene rings is 1. The zero-order chi connectivity index (χ0) is 9.14. The summed E-state index contributed by atoms with van der Waals surface area (Å²) in [5, 5.41) is 9.32. The van der Waals surface area contributed by atoms with Gasteiger partial charge in [-0.1, -0.05) is 34.8 Å². The Kier molecular flexibility index (Phi) is 3.01. The highest BCUT2D eigenvalue weighted by atomic mass is 35.5. The summed E-state index contributed by atoms with van der Waals surface area (Å²) in [5.41, 5.74) is 1.68. The van der Waals surface area contributed by atoms with Gasteiger partial charge in [-0.15, -0.1) is 0 Å². The minimum atomic E-state index is 0.135. The van der Waals surface area contributed by atoms with Crippen LogP contribution in [0.2, 0.25) is 0 Å². The van der Waals surface area contributed by atoms with Gasteiger partial charge in [-0.25, -0.2) is 0 Å². The van der Waals surface area contributed by atoms with Crippen molar-refractivity contribution in [2.75, 3.05) is 0 Å². The van der Waals surface area contributed by atoms with E-state index in [-0.39, 0.29) is 10.2 Å². The summed E-state index contributed by atoms with van der Waals surface area (Å²) < 4.78 is 0.135. The van der Waals surface area contributed by atoms with Gasteiger partial charge in [-0.3, -0.25) is 0 Å². The molecule has 64 valence electrons. The van der Waals surface area contributed by atoms with Gasteiger partial charge in [0, 0.05) is 5.56 Å². The van der Waals surface area contributed by atoms with E-state index in [2.05, 4.69) is 0 Å². The summed E-state index contributed by atoms with van der Waals surface area (Å²) in [6.45, 7) is 1.93. The lowest BCUT2D eigenvalue weighted by atomic mass is 10.1. The van der Waals surface area contributed by atoms with E-state index < -0.39 is 0 Å². The fraction of sp³-hybridized carbons (Fsp3) is 0.111. The summed E-state index contributed by atoms with van der Waals surface area (Å²) in [6.07, 6.45) is 1.51. The van der Waals surface area contributed by atoms with Crippen LogP contribution in [0.3, 0.4) is 0 Å². The number of rotatable bonds is 1. The second kappa shape index (κ2) is 3.83. The summed E-state index contributed by atoms with van der Waals surface area (Å²) in [4.78, 5) is 0. The molecule has 0 unspecified atom stereocenters. The molecule has 1 rings (SSSR count). The maximum Gasteiger partial charge on any atom is 0.122 e. The SMILES string of the molecule is Cc1ccc(O)c(C=C(Cl)Cl)c1. The van der Waals surface area contributed by atoms with Crippen molar-refractivity contribution < 1.29 is 5.11 Å². The molecule has 1 aromatic rings. The number of aromatic hydroxyl groups is 1. The molecule has 1 aromatic carbocycles. The summed E-state index contributed by atoms with van der Waals surface area (Å²) in [5.74, 6) is 0.180. The fourth-order valence-electron chi connectivity index (χ4n) is 0.907. The normalized spacial score (nSPS) is 9.58. The lowest BCUT2D eigenvalue weighted by Gasteiger charge is -1.99. The van der Waals surface area contributed by atoms with Crippen LogP contribution in [-0.2, 0) is 0 Å². The van der Waals surface area contributed by atoms with Crippen LogP contribution in [0.25, 0.3) is 6.08 Å². The Balaban J connectivity index is 3.14. The number of phenols is 1. The largest absolute Gasteiger partial charge is 0.507 e. The summed E-state index contributed by atoms with van der Waals surface area (Å²) >= 11 is 10.9. The fourth-order valence-corrected chi connectivity index (χ4v) is 1.14. The van der Waals surface area contributed by atoms with E-state index in [9.17, 15) is 5.11 Å². The first-order chi connectivity index (χ1) is 5.59. The molecular formula is C9H8Cl2O. The molecule has 0 radical (unpaired) electrons. The lowest BCUT2D eigenvalue weighted by molar-refractivity contribution is 0.474. The molecule has 1 nitrogen and oxygen atoms in total. The Labute approximate surface area is 81.2 Å². The maximum atomic E-state index is 9.32. The minimum Gasteiger partial charge on any atom is -0.507 e. The van der Waals surface area contributed by atoms with Crippen molar-refractivity contribution in [2.24, 2.45) is 0 Å². The third kappa shape index (κ3) is 2.43. The van der Waals surface area contributed by atoms with E-state index in [0.717, 1.165) is 5.56 Å². The molecule has 0 amide bonds. The van der Waals surface area contributed by atoms with Gasteiger partial charge in [0.25, 0.3) is 0 Å². The van der Waals surface area contributed by atoms with E-state index >= 15 is 0 Å². The first kappa shape index (κ1) is 9.43. The average molecular weight is 203 g/mol. The second-order valence-corrected chi connectivity index (χ2v) is 3.50. The number of phenolic OH excluding ortho intramolecular Hbond substituents is 1. The average Bonchev–Trinajstić information content (AvgIpc) is 1.96. The Bertz CT molecular complexity index is 314. The monoisotopic (exact) mass is 202 g/mol. The van der Waals surface area contributed by atoms with Crippen molar-refractivity contribution >= 4 is 29.3 Å². The molecule has 0 atom stereocenters. The molecule has 0 aliphatic carbocycles. The Hall–Kier alpha value is -0.660. The van der Waals surface area contributed by atoms with E-state index in [0.29, 0.717) is 5.56 Å². The highest BCUT2D eigenvalue weighted by molar-refractivity contribution is 6.57. The number of hydrogen-bond acceptors (Lipinski definition) is 1. The molecule has 0 spiro atoms. The Morgan fingerprint density at radius 3 is 2.67 bits per heavy atom. The molecule has 0 aliphatic heterocycles. The van der Waals surface area contributed by atoms with Crippen LogP contribution in [0.15, 0.2) is 22.7 Å². The van der Waals surface area contributed by atoms with Crippen molar-refractivity contribution in [2.45, 2.75) is 6.92 Å². The van der Waals surface area contributed by atoms with Gasteiger partial charge in [-0.05, 0) is 25.1 Å². The van der Waals surface area contributed by atoms with Crippen LogP contribution in [0.1, 0.15) is 11.1 Å². The first-order valence-electron chi connectivity index (χ1n) is 3.42. The molecule has 3 heteroatoms. The quantitative estimate of drug-likeness (QED) is 0.740. The smallest absolute Gasteiger partial charge is 0.122 e. The Morgan fingerprint density at radius 1 is 1.42 bits per heavy atom. The molecule has 0 heterocycles. The Morgan fingerprint density at radius 2 is 2.08 bits per heavy atom. The number of aryl methyl sites for hydroxylation is 1. The van der Waals surface area contributed by atoms with Gasteiger partial charge in [0.1, 0.15) is 10.2 Å². The van der Waals surface area contributed by atoms with Gasteiger partial charge in [0.05, 0.1) is 0 Å². The van der Waals surface area contributed by atoms with E-state index in [1.54, 1.807) is 12.1 Å². The van der Waals surface area contributed by atoms with Gasteiger partial charge >= 0.3 is 0 Å². The van der Waals surface area contributed by atoms with Gasteiger partial charge in [0.2, 0.25) is 0 Å². The van der Waals surface area contributed by atoms with E-state index in [1.165, 1.54) is 6.08 Å². The predicted octanol–water partition coefficient (Wildman–Crippen LogP) is 3.48. The highest BCUT2D eigenvalue weighted by Gasteiger charge is 1.97. The molecule has 0 aromatic heterocycles. The van der Waals surface area contributed by atoms with Crippen molar-refractivity contribution in [1.29, 1.82) is 0 Å². The zero-order valence-electron chi connectivity index (χ0n) is 6.51. The molecule has 0 fully saturated rings. The maximum absolute atomic E-state index is 9.32. The van der Waals surface area contributed by atoms with Crippen LogP contribution in [-0.4, -0.2) is 5.11 Å². The lowest BCUT2D eigenvalue weighted by Crippen LogP contribution is -1.77. The van der Waals surface area contributed by atoms with Crippen molar-refractivity contribution in [3.8, 4) is 5.75 Å². The third-order valence-corrected chi connectivity index (χ3v) is 1.67. The minimum absolute atomic E-state index is 0.135. The molecule has 0 saturated carbocycles. The van der Waals surface area contributed by atoms with Crippen LogP contribution < -0.4 is 0 Å².